The van der Waals surface area contributed by atoms with Crippen LogP contribution in [0.5, 0.6) is 0 Å². The van der Waals surface area contributed by atoms with Gasteiger partial charge in [0.05, 0.1) is 5.75 Å². The van der Waals surface area contributed by atoms with Crippen molar-refractivity contribution in [1.29, 1.82) is 0 Å². The zero-order valence-corrected chi connectivity index (χ0v) is 16.8. The minimum absolute atomic E-state index is 0.159. The van der Waals surface area contributed by atoms with Gasteiger partial charge in [-0.25, -0.2) is 5.43 Å². The largest absolute Gasteiger partial charge is 0.272 e. The van der Waals surface area contributed by atoms with Crippen molar-refractivity contribution in [3.63, 3.8) is 0 Å². The predicted octanol–water partition coefficient (Wildman–Crippen LogP) is 4.32. The number of nitrogens with zero attached hydrogens (tertiary/aromatic N) is 4. The Labute approximate surface area is 169 Å². The molecular formula is C21H23N5OS. The summed E-state index contributed by atoms with van der Waals surface area (Å²) in [5, 5.41) is 13.5. The second kappa shape index (κ2) is 9.85. The minimum Gasteiger partial charge on any atom is -0.272 e. The number of carbonyl (C=O) groups excluding carboxylic acids is 1. The van der Waals surface area contributed by atoms with E-state index < -0.39 is 0 Å². The van der Waals surface area contributed by atoms with Gasteiger partial charge >= 0.3 is 0 Å². The number of carbonyl (C=O) groups is 1. The number of hydrogen-bond donors (Lipinski definition) is 1. The first-order valence-corrected chi connectivity index (χ1v) is 10.2. The third-order valence-electron chi connectivity index (χ3n) is 4.17. The van der Waals surface area contributed by atoms with Crippen LogP contribution in [0.15, 0.2) is 70.9 Å². The van der Waals surface area contributed by atoms with Gasteiger partial charge in [0, 0.05) is 17.0 Å². The Morgan fingerprint density at radius 2 is 1.64 bits per heavy atom. The van der Waals surface area contributed by atoms with Crippen LogP contribution < -0.4 is 5.43 Å². The summed E-state index contributed by atoms with van der Waals surface area (Å²) in [4.78, 5) is 12.2. The molecule has 0 fully saturated rings. The lowest BCUT2D eigenvalue weighted by Gasteiger charge is -2.10. The fourth-order valence-electron chi connectivity index (χ4n) is 2.66. The minimum atomic E-state index is -0.159. The lowest BCUT2D eigenvalue weighted by Crippen LogP contribution is -2.21. The van der Waals surface area contributed by atoms with E-state index in [1.165, 1.54) is 11.8 Å². The zero-order chi connectivity index (χ0) is 19.8. The first-order valence-electron chi connectivity index (χ1n) is 9.26. The van der Waals surface area contributed by atoms with Crippen molar-refractivity contribution in [2.75, 3.05) is 5.75 Å². The number of aromatic nitrogens is 3. The van der Waals surface area contributed by atoms with Crippen LogP contribution in [0.1, 0.15) is 26.7 Å². The van der Waals surface area contributed by atoms with Gasteiger partial charge in [-0.2, -0.15) is 5.10 Å². The van der Waals surface area contributed by atoms with Crippen molar-refractivity contribution in [3.05, 3.63) is 60.7 Å². The summed E-state index contributed by atoms with van der Waals surface area (Å²) >= 11 is 1.34. The number of para-hydroxylation sites is 1. The summed E-state index contributed by atoms with van der Waals surface area (Å²) in [5.41, 5.74) is 5.51. The monoisotopic (exact) mass is 393 g/mol. The Kier molecular flexibility index (Phi) is 6.97. The molecule has 0 radical (unpaired) electrons. The molecule has 0 aliphatic carbocycles. The Bertz CT molecular complexity index is 932. The Morgan fingerprint density at radius 1 is 1.00 bits per heavy atom. The number of amides is 1. The summed E-state index contributed by atoms with van der Waals surface area (Å²) < 4.78 is 1.97. The van der Waals surface area contributed by atoms with Crippen molar-refractivity contribution in [1.82, 2.24) is 20.2 Å². The molecule has 0 spiro atoms. The van der Waals surface area contributed by atoms with Gasteiger partial charge in [-0.05, 0) is 25.0 Å². The van der Waals surface area contributed by atoms with Gasteiger partial charge in [-0.15, -0.1) is 10.2 Å². The van der Waals surface area contributed by atoms with Crippen LogP contribution in [0, 0.1) is 0 Å². The molecule has 0 bridgehead atoms. The van der Waals surface area contributed by atoms with Crippen LogP contribution in [0.25, 0.3) is 17.1 Å². The van der Waals surface area contributed by atoms with Gasteiger partial charge in [0.1, 0.15) is 0 Å². The Balaban J connectivity index is 1.83. The van der Waals surface area contributed by atoms with Crippen LogP contribution >= 0.6 is 11.8 Å². The maximum absolute atomic E-state index is 12.2. The number of hydrogen-bond acceptors (Lipinski definition) is 5. The van der Waals surface area contributed by atoms with Crippen molar-refractivity contribution in [2.24, 2.45) is 5.10 Å². The summed E-state index contributed by atoms with van der Waals surface area (Å²) in [6.07, 6.45) is 1.65. The molecule has 0 aliphatic rings. The molecule has 1 heterocycles. The number of rotatable bonds is 8. The Hall–Kier alpha value is -2.93. The maximum atomic E-state index is 12.2. The molecule has 7 heteroatoms. The topological polar surface area (TPSA) is 72.2 Å². The van der Waals surface area contributed by atoms with Gasteiger partial charge in [-0.3, -0.25) is 9.36 Å². The predicted molar refractivity (Wildman–Crippen MR) is 114 cm³/mol. The average Bonchev–Trinajstić information content (AvgIpc) is 3.18. The Morgan fingerprint density at radius 3 is 2.29 bits per heavy atom. The first-order chi connectivity index (χ1) is 13.7. The quantitative estimate of drug-likeness (QED) is 0.351. The molecule has 3 rings (SSSR count). The number of benzene rings is 2. The molecule has 0 aliphatic heterocycles. The fourth-order valence-corrected chi connectivity index (χ4v) is 3.40. The van der Waals surface area contributed by atoms with Crippen LogP contribution in [-0.2, 0) is 4.79 Å². The molecule has 2 aromatic carbocycles. The highest BCUT2D eigenvalue weighted by molar-refractivity contribution is 7.99. The highest BCUT2D eigenvalue weighted by Gasteiger charge is 2.17. The van der Waals surface area contributed by atoms with E-state index in [1.807, 2.05) is 79.1 Å². The third kappa shape index (κ3) is 4.86. The van der Waals surface area contributed by atoms with Crippen LogP contribution in [-0.4, -0.2) is 32.1 Å². The van der Waals surface area contributed by atoms with Gasteiger partial charge < -0.3 is 0 Å². The summed E-state index contributed by atoms with van der Waals surface area (Å²) in [5.74, 6) is 0.796. The fraction of sp³-hybridized carbons (Fsp3) is 0.238. The lowest BCUT2D eigenvalue weighted by molar-refractivity contribution is -0.118. The second-order valence-corrected chi connectivity index (χ2v) is 6.99. The molecule has 1 N–H and O–H groups in total. The highest BCUT2D eigenvalue weighted by atomic mass is 32.2. The smallest absolute Gasteiger partial charge is 0.250 e. The van der Waals surface area contributed by atoms with Crippen molar-refractivity contribution in [3.8, 4) is 17.1 Å². The normalized spacial score (nSPS) is 10.5. The zero-order valence-electron chi connectivity index (χ0n) is 16.0. The molecular weight excluding hydrogens is 370 g/mol. The van der Waals surface area contributed by atoms with E-state index in [-0.39, 0.29) is 11.7 Å². The van der Waals surface area contributed by atoms with E-state index in [0.29, 0.717) is 5.16 Å². The van der Waals surface area contributed by atoms with Crippen molar-refractivity contribution >= 4 is 23.4 Å². The molecule has 0 atom stereocenters. The molecule has 1 aromatic heterocycles. The van der Waals surface area contributed by atoms with Crippen molar-refractivity contribution in [2.45, 2.75) is 31.8 Å². The molecule has 0 saturated carbocycles. The molecule has 0 unspecified atom stereocenters. The van der Waals surface area contributed by atoms with Crippen LogP contribution in [0.4, 0.5) is 0 Å². The van der Waals surface area contributed by atoms with E-state index in [9.17, 15) is 4.79 Å². The van der Waals surface area contributed by atoms with Gasteiger partial charge in [0.15, 0.2) is 11.0 Å². The van der Waals surface area contributed by atoms with Gasteiger partial charge in [0.25, 0.3) is 5.91 Å². The maximum Gasteiger partial charge on any atom is 0.250 e. The van der Waals surface area contributed by atoms with E-state index in [4.69, 9.17) is 0 Å². The summed E-state index contributed by atoms with van der Waals surface area (Å²) in [6, 6.07) is 19.8. The molecule has 6 nitrogen and oxygen atoms in total. The molecule has 3 aromatic rings. The van der Waals surface area contributed by atoms with E-state index in [2.05, 4.69) is 20.7 Å². The lowest BCUT2D eigenvalue weighted by atomic mass is 10.2. The molecule has 144 valence electrons. The molecule has 28 heavy (non-hydrogen) atoms. The summed E-state index contributed by atoms with van der Waals surface area (Å²) in [7, 11) is 0. The summed E-state index contributed by atoms with van der Waals surface area (Å²) in [6.45, 7) is 4.05. The molecule has 0 saturated heterocycles. The number of hydrazone groups is 1. The van der Waals surface area contributed by atoms with E-state index in [0.717, 1.165) is 35.6 Å². The standard InChI is InChI=1S/C21H23N5OS/c1-3-17(4-2)22-23-19(27)15-28-21-25-24-20(16-11-7-5-8-12-16)26(21)18-13-9-6-10-14-18/h5-14H,3-4,15H2,1-2H3,(H,23,27). The number of nitrogens with one attached hydrogen (secondary N) is 1. The van der Waals surface area contributed by atoms with E-state index in [1.54, 1.807) is 0 Å². The van der Waals surface area contributed by atoms with Crippen LogP contribution in [0.3, 0.4) is 0 Å². The second-order valence-electron chi connectivity index (χ2n) is 6.05. The van der Waals surface area contributed by atoms with E-state index >= 15 is 0 Å². The SMILES string of the molecule is CCC(CC)=NNC(=O)CSc1nnc(-c2ccccc2)n1-c1ccccc1. The average molecular weight is 394 g/mol. The third-order valence-corrected chi connectivity index (χ3v) is 5.10. The molecule has 1 amide bonds. The van der Waals surface area contributed by atoms with Crippen molar-refractivity contribution < 1.29 is 4.79 Å². The van der Waals surface area contributed by atoms with Gasteiger partial charge in [0.2, 0.25) is 0 Å². The number of thioether (sulfide) groups is 1. The highest BCUT2D eigenvalue weighted by Crippen LogP contribution is 2.27. The first kappa shape index (κ1) is 19.8. The van der Waals surface area contributed by atoms with Crippen LogP contribution in [0.2, 0.25) is 0 Å². The van der Waals surface area contributed by atoms with Gasteiger partial charge in [-0.1, -0.05) is 74.1 Å².